The van der Waals surface area contributed by atoms with Crippen molar-refractivity contribution in [1.29, 1.82) is 0 Å². The summed E-state index contributed by atoms with van der Waals surface area (Å²) in [6, 6.07) is 6.16. The maximum atomic E-state index is 12.4. The summed E-state index contributed by atoms with van der Waals surface area (Å²) in [5.74, 6) is 0.630. The molecule has 0 atom stereocenters. The molecule has 0 unspecified atom stereocenters. The molecule has 0 aliphatic carbocycles. The van der Waals surface area contributed by atoms with Crippen LogP contribution in [0.2, 0.25) is 0 Å². The Kier molecular flexibility index (Phi) is 3.82. The summed E-state index contributed by atoms with van der Waals surface area (Å²) < 4.78 is 3.92. The molecule has 4 heterocycles. The van der Waals surface area contributed by atoms with Crippen molar-refractivity contribution in [3.05, 3.63) is 47.7 Å². The van der Waals surface area contributed by atoms with Gasteiger partial charge in [-0.25, -0.2) is 0 Å². The number of amides is 1. The quantitative estimate of drug-likeness (QED) is 0.732. The molecule has 3 aromatic heterocycles. The van der Waals surface area contributed by atoms with E-state index < -0.39 is 0 Å². The second-order valence-electron chi connectivity index (χ2n) is 7.08. The van der Waals surface area contributed by atoms with Crippen LogP contribution in [0.4, 0.5) is 0 Å². The molecule has 4 rings (SSSR count). The first-order chi connectivity index (χ1) is 12.0. The second-order valence-corrected chi connectivity index (χ2v) is 7.08. The number of aromatic nitrogens is 4. The number of hydrogen-bond acceptors (Lipinski definition) is 3. The first-order valence-corrected chi connectivity index (χ1v) is 8.69. The highest BCUT2D eigenvalue weighted by Crippen LogP contribution is 2.25. The molecule has 1 amide bonds. The van der Waals surface area contributed by atoms with Gasteiger partial charge in [0.15, 0.2) is 0 Å². The van der Waals surface area contributed by atoms with Gasteiger partial charge in [-0.2, -0.15) is 5.10 Å². The average molecular weight is 337 g/mol. The highest BCUT2D eigenvalue weighted by atomic mass is 16.2. The van der Waals surface area contributed by atoms with E-state index in [0.29, 0.717) is 12.5 Å². The molecule has 3 aromatic rings. The van der Waals surface area contributed by atoms with Gasteiger partial charge in [0, 0.05) is 43.6 Å². The summed E-state index contributed by atoms with van der Waals surface area (Å²) in [4.78, 5) is 18.9. The number of carbonyl (C=O) groups is 1. The van der Waals surface area contributed by atoms with Crippen LogP contribution in [0.5, 0.6) is 0 Å². The maximum absolute atomic E-state index is 12.4. The summed E-state index contributed by atoms with van der Waals surface area (Å²) in [7, 11) is 2.05. The van der Waals surface area contributed by atoms with E-state index in [0.717, 1.165) is 36.6 Å². The number of carbonyl (C=O) groups excluding carboxylic acids is 1. The van der Waals surface area contributed by atoms with Gasteiger partial charge in [0.1, 0.15) is 6.54 Å². The van der Waals surface area contributed by atoms with E-state index in [2.05, 4.69) is 34.0 Å². The molecule has 0 spiro atoms. The number of aryl methyl sites for hydroxylation is 3. The van der Waals surface area contributed by atoms with Crippen molar-refractivity contribution in [3.8, 4) is 0 Å². The first-order valence-electron chi connectivity index (χ1n) is 8.69. The van der Waals surface area contributed by atoms with Crippen LogP contribution in [-0.4, -0.2) is 43.2 Å². The van der Waals surface area contributed by atoms with Crippen LogP contribution in [0.25, 0.3) is 10.9 Å². The Morgan fingerprint density at radius 2 is 2.08 bits per heavy atom. The van der Waals surface area contributed by atoms with Crippen molar-refractivity contribution in [2.45, 2.75) is 26.8 Å². The largest absolute Gasteiger partial charge is 0.349 e. The van der Waals surface area contributed by atoms with E-state index in [-0.39, 0.29) is 5.91 Å². The monoisotopic (exact) mass is 337 g/mol. The number of nitrogens with zero attached hydrogens (tertiary/aromatic N) is 5. The molecule has 0 bridgehead atoms. The molecule has 1 fully saturated rings. The van der Waals surface area contributed by atoms with Crippen LogP contribution in [0, 0.1) is 19.8 Å². The molecule has 1 aliphatic heterocycles. The normalized spacial score (nSPS) is 14.9. The summed E-state index contributed by atoms with van der Waals surface area (Å²) in [6.45, 7) is 5.88. The molecule has 0 aromatic carbocycles. The summed E-state index contributed by atoms with van der Waals surface area (Å²) in [6.07, 6.45) is 4.86. The third-order valence-corrected chi connectivity index (χ3v) is 5.04. The van der Waals surface area contributed by atoms with Crippen molar-refractivity contribution in [1.82, 2.24) is 24.2 Å². The van der Waals surface area contributed by atoms with Crippen LogP contribution in [0.15, 0.2) is 30.6 Å². The minimum atomic E-state index is 0.146. The first kappa shape index (κ1) is 15.9. The zero-order valence-corrected chi connectivity index (χ0v) is 14.9. The number of pyridine rings is 1. The minimum Gasteiger partial charge on any atom is -0.349 e. The molecule has 1 saturated heterocycles. The van der Waals surface area contributed by atoms with E-state index >= 15 is 0 Å². The van der Waals surface area contributed by atoms with E-state index in [9.17, 15) is 4.79 Å². The van der Waals surface area contributed by atoms with Gasteiger partial charge in [-0.1, -0.05) is 0 Å². The molecule has 130 valence electrons. The molecule has 6 heteroatoms. The number of rotatable bonds is 4. The van der Waals surface area contributed by atoms with E-state index in [1.165, 1.54) is 10.9 Å². The van der Waals surface area contributed by atoms with Crippen molar-refractivity contribution in [2.24, 2.45) is 13.0 Å². The number of likely N-dealkylation sites (tertiary alicyclic amines) is 1. The molecule has 25 heavy (non-hydrogen) atoms. The van der Waals surface area contributed by atoms with Gasteiger partial charge in [-0.15, -0.1) is 0 Å². The van der Waals surface area contributed by atoms with Gasteiger partial charge in [0.2, 0.25) is 5.91 Å². The third kappa shape index (κ3) is 2.92. The van der Waals surface area contributed by atoms with Gasteiger partial charge in [-0.05, 0) is 44.4 Å². The SMILES string of the molecule is Cc1cc(C)n(CC(=O)N2CC(Cc3nccc4ccn(C)c34)C2)n1. The Balaban J connectivity index is 1.38. The standard InChI is InChI=1S/C19H23N5O/c1-13-8-14(2)24(21-13)12-18(25)23-10-15(11-23)9-17-19-16(4-6-20-17)5-7-22(19)3/h4-8,15H,9-12H2,1-3H3. The Bertz CT molecular complexity index is 933. The molecule has 0 saturated carbocycles. The summed E-state index contributed by atoms with van der Waals surface area (Å²) in [5, 5.41) is 5.60. The van der Waals surface area contributed by atoms with Crippen LogP contribution < -0.4 is 0 Å². The molecule has 0 radical (unpaired) electrons. The molecular formula is C19H23N5O. The average Bonchev–Trinajstić information content (AvgIpc) is 3.06. The molecule has 0 N–H and O–H groups in total. The fourth-order valence-corrected chi connectivity index (χ4v) is 3.71. The Labute approximate surface area is 147 Å². The van der Waals surface area contributed by atoms with Crippen molar-refractivity contribution in [2.75, 3.05) is 13.1 Å². The molecule has 1 aliphatic rings. The van der Waals surface area contributed by atoms with Crippen LogP contribution >= 0.6 is 0 Å². The van der Waals surface area contributed by atoms with Crippen LogP contribution in [0.1, 0.15) is 17.1 Å². The van der Waals surface area contributed by atoms with Gasteiger partial charge < -0.3 is 9.47 Å². The minimum absolute atomic E-state index is 0.146. The lowest BCUT2D eigenvalue weighted by molar-refractivity contribution is -0.138. The fraction of sp³-hybridized carbons (Fsp3) is 0.421. The van der Waals surface area contributed by atoms with Crippen molar-refractivity contribution >= 4 is 16.8 Å². The van der Waals surface area contributed by atoms with Crippen molar-refractivity contribution in [3.63, 3.8) is 0 Å². The van der Waals surface area contributed by atoms with E-state index in [1.807, 2.05) is 37.1 Å². The highest BCUT2D eigenvalue weighted by molar-refractivity contribution is 5.82. The van der Waals surface area contributed by atoms with Crippen LogP contribution in [-0.2, 0) is 24.8 Å². The number of fused-ring (bicyclic) bond motifs is 1. The van der Waals surface area contributed by atoms with Gasteiger partial charge in [0.25, 0.3) is 0 Å². The van der Waals surface area contributed by atoms with Gasteiger partial charge >= 0.3 is 0 Å². The van der Waals surface area contributed by atoms with E-state index in [1.54, 1.807) is 4.68 Å². The molecule has 6 nitrogen and oxygen atoms in total. The highest BCUT2D eigenvalue weighted by Gasteiger charge is 2.31. The lowest BCUT2D eigenvalue weighted by Crippen LogP contribution is -2.52. The zero-order valence-electron chi connectivity index (χ0n) is 14.9. The lowest BCUT2D eigenvalue weighted by Gasteiger charge is -2.39. The topological polar surface area (TPSA) is 56.0 Å². The Morgan fingerprint density at radius 1 is 1.28 bits per heavy atom. The fourth-order valence-electron chi connectivity index (χ4n) is 3.71. The summed E-state index contributed by atoms with van der Waals surface area (Å²) in [5.41, 5.74) is 4.31. The predicted molar refractivity (Wildman–Crippen MR) is 96.2 cm³/mol. The van der Waals surface area contributed by atoms with E-state index in [4.69, 9.17) is 0 Å². The predicted octanol–water partition coefficient (Wildman–Crippen LogP) is 2.09. The van der Waals surface area contributed by atoms with Crippen molar-refractivity contribution < 1.29 is 4.79 Å². The second kappa shape index (κ2) is 6.02. The Hall–Kier alpha value is -2.63. The third-order valence-electron chi connectivity index (χ3n) is 5.04. The van der Waals surface area contributed by atoms with Gasteiger partial charge in [0.05, 0.1) is 16.9 Å². The Morgan fingerprint density at radius 3 is 2.80 bits per heavy atom. The van der Waals surface area contributed by atoms with Crippen LogP contribution in [0.3, 0.4) is 0 Å². The zero-order chi connectivity index (χ0) is 17.6. The lowest BCUT2D eigenvalue weighted by atomic mass is 9.93. The maximum Gasteiger partial charge on any atom is 0.244 e. The smallest absolute Gasteiger partial charge is 0.244 e. The van der Waals surface area contributed by atoms with Gasteiger partial charge in [-0.3, -0.25) is 14.5 Å². The molecular weight excluding hydrogens is 314 g/mol. The number of hydrogen-bond donors (Lipinski definition) is 0. The summed E-state index contributed by atoms with van der Waals surface area (Å²) >= 11 is 0.